The summed E-state index contributed by atoms with van der Waals surface area (Å²) in [7, 11) is -3.64. The van der Waals surface area contributed by atoms with E-state index in [0.29, 0.717) is 24.3 Å². The molecule has 2 aromatic carbocycles. The van der Waals surface area contributed by atoms with Crippen LogP contribution in [0.2, 0.25) is 0 Å². The summed E-state index contributed by atoms with van der Waals surface area (Å²) in [4.78, 5) is 0.365. The maximum atomic E-state index is 13.2. The fraction of sp³-hybridized carbons (Fsp3) is 0.348. The lowest BCUT2D eigenvalue weighted by Crippen LogP contribution is -2.38. The van der Waals surface area contributed by atoms with Gasteiger partial charge in [0.1, 0.15) is 0 Å². The van der Waals surface area contributed by atoms with Crippen molar-refractivity contribution in [2.45, 2.75) is 58.0 Å². The highest BCUT2D eigenvalue weighted by Crippen LogP contribution is 2.24. The third-order valence-electron chi connectivity index (χ3n) is 5.25. The number of para-hydroxylation sites is 1. The molecule has 0 fully saturated rings. The Kier molecular flexibility index (Phi) is 6.11. The Balaban J connectivity index is 1.92. The number of aryl methyl sites for hydroxylation is 3. The Labute approximate surface area is 173 Å². The molecule has 1 aromatic heterocycles. The smallest absolute Gasteiger partial charge is 0.241 e. The minimum atomic E-state index is -3.64. The highest BCUT2D eigenvalue weighted by atomic mass is 32.2. The first-order valence-electron chi connectivity index (χ1n) is 9.80. The monoisotopic (exact) mass is 409 g/mol. The molecule has 0 amide bonds. The van der Waals surface area contributed by atoms with E-state index in [2.05, 4.69) is 10.8 Å². The van der Waals surface area contributed by atoms with Crippen molar-refractivity contribution >= 4 is 20.9 Å². The van der Waals surface area contributed by atoms with E-state index in [1.807, 2.05) is 74.9 Å². The zero-order chi connectivity index (χ0) is 21.2. The SMILES string of the molecule is CCC(Cn1cc(CC#N)c2ccccc21)NS(=O)(=O)c1c(C)cc(C)cc1C. The van der Waals surface area contributed by atoms with E-state index in [1.165, 1.54) is 0 Å². The summed E-state index contributed by atoms with van der Waals surface area (Å²) in [6, 6.07) is 13.7. The standard InChI is InChI=1S/C23H27N3O2S/c1-5-20(25-29(27,28)23-17(3)12-16(2)13-18(23)4)15-26-14-19(10-11-24)21-8-6-7-9-22(21)26/h6-9,12-14,20,25H,5,10,15H2,1-4H3. The summed E-state index contributed by atoms with van der Waals surface area (Å²) in [6.07, 6.45) is 2.95. The molecule has 0 aliphatic heterocycles. The molecule has 152 valence electrons. The van der Waals surface area contributed by atoms with Crippen LogP contribution in [0.25, 0.3) is 10.9 Å². The summed E-state index contributed by atoms with van der Waals surface area (Å²) in [5.41, 5.74) is 4.54. The van der Waals surface area contributed by atoms with Gasteiger partial charge in [-0.1, -0.05) is 42.8 Å². The van der Waals surface area contributed by atoms with Crippen LogP contribution in [0, 0.1) is 32.1 Å². The fourth-order valence-electron chi connectivity index (χ4n) is 4.06. The lowest BCUT2D eigenvalue weighted by molar-refractivity contribution is 0.491. The Morgan fingerprint density at radius 2 is 1.79 bits per heavy atom. The van der Waals surface area contributed by atoms with Crippen LogP contribution in [0.5, 0.6) is 0 Å². The molecule has 5 nitrogen and oxygen atoms in total. The second-order valence-electron chi connectivity index (χ2n) is 7.61. The molecule has 0 saturated heterocycles. The van der Waals surface area contributed by atoms with Crippen molar-refractivity contribution in [3.63, 3.8) is 0 Å². The van der Waals surface area contributed by atoms with E-state index < -0.39 is 10.0 Å². The van der Waals surface area contributed by atoms with Crippen LogP contribution in [0.3, 0.4) is 0 Å². The molecule has 0 saturated carbocycles. The number of sulfonamides is 1. The molecular weight excluding hydrogens is 382 g/mol. The summed E-state index contributed by atoms with van der Waals surface area (Å²) in [5.74, 6) is 0. The number of nitrogens with one attached hydrogen (secondary N) is 1. The van der Waals surface area contributed by atoms with Crippen LogP contribution in [-0.2, 0) is 23.0 Å². The second kappa shape index (κ2) is 8.40. The summed E-state index contributed by atoms with van der Waals surface area (Å²) in [6.45, 7) is 8.12. The fourth-order valence-corrected chi connectivity index (χ4v) is 5.82. The number of fused-ring (bicyclic) bond motifs is 1. The maximum Gasteiger partial charge on any atom is 0.241 e. The molecule has 1 unspecified atom stereocenters. The highest BCUT2D eigenvalue weighted by molar-refractivity contribution is 7.89. The highest BCUT2D eigenvalue weighted by Gasteiger charge is 2.24. The van der Waals surface area contributed by atoms with Gasteiger partial charge in [0.25, 0.3) is 0 Å². The van der Waals surface area contributed by atoms with Crippen molar-refractivity contribution in [1.29, 1.82) is 5.26 Å². The van der Waals surface area contributed by atoms with Gasteiger partial charge in [-0.15, -0.1) is 0 Å². The summed E-state index contributed by atoms with van der Waals surface area (Å²) >= 11 is 0. The minimum absolute atomic E-state index is 0.258. The zero-order valence-corrected chi connectivity index (χ0v) is 18.2. The maximum absolute atomic E-state index is 13.2. The van der Waals surface area contributed by atoms with Gasteiger partial charge in [-0.05, 0) is 49.9 Å². The average Bonchev–Trinajstić information content (AvgIpc) is 2.98. The topological polar surface area (TPSA) is 74.9 Å². The Bertz CT molecular complexity index is 1160. The van der Waals surface area contributed by atoms with Gasteiger partial charge in [0, 0.05) is 29.7 Å². The molecule has 29 heavy (non-hydrogen) atoms. The second-order valence-corrected chi connectivity index (χ2v) is 9.26. The van der Waals surface area contributed by atoms with E-state index in [9.17, 15) is 8.42 Å². The van der Waals surface area contributed by atoms with E-state index in [1.54, 1.807) is 0 Å². The first-order valence-corrected chi connectivity index (χ1v) is 11.3. The van der Waals surface area contributed by atoms with E-state index in [0.717, 1.165) is 33.2 Å². The molecule has 0 spiro atoms. The van der Waals surface area contributed by atoms with Crippen LogP contribution in [0.15, 0.2) is 47.5 Å². The Hall–Kier alpha value is -2.62. The lowest BCUT2D eigenvalue weighted by atomic mass is 10.1. The van der Waals surface area contributed by atoms with Gasteiger partial charge in [-0.25, -0.2) is 13.1 Å². The first-order chi connectivity index (χ1) is 13.8. The summed E-state index contributed by atoms with van der Waals surface area (Å²) in [5, 5.41) is 10.2. The number of benzene rings is 2. The molecule has 1 N–H and O–H groups in total. The minimum Gasteiger partial charge on any atom is -0.346 e. The molecule has 1 atom stereocenters. The molecule has 0 bridgehead atoms. The van der Waals surface area contributed by atoms with Crippen molar-refractivity contribution in [3.8, 4) is 6.07 Å². The molecular formula is C23H27N3O2S. The molecule has 6 heteroatoms. The molecule has 3 aromatic rings. The third kappa shape index (κ3) is 4.36. The molecule has 0 aliphatic carbocycles. The molecule has 0 aliphatic rings. The predicted molar refractivity (Wildman–Crippen MR) is 116 cm³/mol. The Morgan fingerprint density at radius 3 is 2.41 bits per heavy atom. The van der Waals surface area contributed by atoms with Gasteiger partial charge in [0.05, 0.1) is 17.4 Å². The predicted octanol–water partition coefficient (Wildman–Crippen LogP) is 4.39. The van der Waals surface area contributed by atoms with Crippen LogP contribution >= 0.6 is 0 Å². The van der Waals surface area contributed by atoms with Crippen LogP contribution in [0.4, 0.5) is 0 Å². The van der Waals surface area contributed by atoms with Crippen molar-refractivity contribution in [2.24, 2.45) is 0 Å². The average molecular weight is 410 g/mol. The molecule has 3 rings (SSSR count). The number of nitrogens with zero attached hydrogens (tertiary/aromatic N) is 2. The van der Waals surface area contributed by atoms with Gasteiger partial charge in [0.2, 0.25) is 10.0 Å². The van der Waals surface area contributed by atoms with Crippen molar-refractivity contribution < 1.29 is 8.42 Å². The van der Waals surface area contributed by atoms with E-state index >= 15 is 0 Å². The van der Waals surface area contributed by atoms with Crippen LogP contribution < -0.4 is 4.72 Å². The van der Waals surface area contributed by atoms with Gasteiger partial charge in [0.15, 0.2) is 0 Å². The number of hydrogen-bond acceptors (Lipinski definition) is 3. The van der Waals surface area contributed by atoms with Crippen molar-refractivity contribution in [1.82, 2.24) is 9.29 Å². The summed E-state index contributed by atoms with van der Waals surface area (Å²) < 4.78 is 31.3. The van der Waals surface area contributed by atoms with Gasteiger partial charge >= 0.3 is 0 Å². The largest absolute Gasteiger partial charge is 0.346 e. The third-order valence-corrected chi connectivity index (χ3v) is 7.07. The van der Waals surface area contributed by atoms with Crippen LogP contribution in [-0.4, -0.2) is 19.0 Å². The van der Waals surface area contributed by atoms with Gasteiger partial charge in [-0.3, -0.25) is 0 Å². The normalized spacial score (nSPS) is 12.8. The number of aromatic nitrogens is 1. The zero-order valence-electron chi connectivity index (χ0n) is 17.4. The molecule has 1 heterocycles. The number of hydrogen-bond donors (Lipinski definition) is 1. The van der Waals surface area contributed by atoms with E-state index in [-0.39, 0.29) is 6.04 Å². The molecule has 0 radical (unpaired) electrons. The van der Waals surface area contributed by atoms with Gasteiger partial charge in [-0.2, -0.15) is 5.26 Å². The van der Waals surface area contributed by atoms with Gasteiger partial charge < -0.3 is 4.57 Å². The van der Waals surface area contributed by atoms with Crippen LogP contribution in [0.1, 0.15) is 35.6 Å². The Morgan fingerprint density at radius 1 is 1.14 bits per heavy atom. The van der Waals surface area contributed by atoms with E-state index in [4.69, 9.17) is 5.26 Å². The number of nitriles is 1. The number of rotatable bonds is 7. The van der Waals surface area contributed by atoms with Crippen molar-refractivity contribution in [2.75, 3.05) is 0 Å². The quantitative estimate of drug-likeness (QED) is 0.629. The first kappa shape index (κ1) is 21.1. The van der Waals surface area contributed by atoms with Crippen molar-refractivity contribution in [3.05, 3.63) is 64.8 Å². The lowest BCUT2D eigenvalue weighted by Gasteiger charge is -2.20.